The number of carbonyl (C=O) groups is 1. The van der Waals surface area contributed by atoms with Gasteiger partial charge in [-0.05, 0) is 19.8 Å². The Morgan fingerprint density at radius 3 is 3.17 bits per heavy atom. The lowest BCUT2D eigenvalue weighted by molar-refractivity contribution is 0.101. The summed E-state index contributed by atoms with van der Waals surface area (Å²) in [7, 11) is 0. The zero-order valence-electron chi connectivity index (χ0n) is 10.2. The van der Waals surface area contributed by atoms with Crippen LogP contribution < -0.4 is 5.32 Å². The van der Waals surface area contributed by atoms with Crippen LogP contribution in [0.15, 0.2) is 12.3 Å². The lowest BCUT2D eigenvalue weighted by atomic mass is 10.1. The van der Waals surface area contributed by atoms with Crippen molar-refractivity contribution in [1.29, 1.82) is 0 Å². The van der Waals surface area contributed by atoms with Crippen molar-refractivity contribution in [3.63, 3.8) is 0 Å². The molecule has 0 spiro atoms. The molecule has 0 saturated heterocycles. The van der Waals surface area contributed by atoms with Gasteiger partial charge in [0.25, 0.3) is 5.91 Å². The minimum absolute atomic E-state index is 0.151. The van der Waals surface area contributed by atoms with Gasteiger partial charge in [-0.2, -0.15) is 5.10 Å². The summed E-state index contributed by atoms with van der Waals surface area (Å²) in [6.07, 6.45) is 4.85. The summed E-state index contributed by atoms with van der Waals surface area (Å²) in [6.45, 7) is 2.76. The summed E-state index contributed by atoms with van der Waals surface area (Å²) in [6, 6.07) is 1.80. The van der Waals surface area contributed by atoms with Crippen molar-refractivity contribution in [2.75, 3.05) is 5.32 Å². The van der Waals surface area contributed by atoms with E-state index < -0.39 is 0 Å². The van der Waals surface area contributed by atoms with E-state index in [0.717, 1.165) is 37.3 Å². The fourth-order valence-corrected chi connectivity index (χ4v) is 2.26. The summed E-state index contributed by atoms with van der Waals surface area (Å²) in [4.78, 5) is 16.4. The summed E-state index contributed by atoms with van der Waals surface area (Å²) >= 11 is 0. The predicted molar refractivity (Wildman–Crippen MR) is 66.4 cm³/mol. The molecule has 6 heteroatoms. The Morgan fingerprint density at radius 1 is 1.50 bits per heavy atom. The number of hydrogen-bond donors (Lipinski definition) is 2. The third-order valence-corrected chi connectivity index (χ3v) is 3.15. The second-order valence-corrected chi connectivity index (χ2v) is 4.56. The summed E-state index contributed by atoms with van der Waals surface area (Å²) in [5.41, 5.74) is 1.53. The highest BCUT2D eigenvalue weighted by Crippen LogP contribution is 2.17. The second-order valence-electron chi connectivity index (χ2n) is 4.56. The number of aromatic nitrogens is 4. The normalized spacial score (nSPS) is 14.3. The molecular weight excluding hydrogens is 230 g/mol. The van der Waals surface area contributed by atoms with Crippen molar-refractivity contribution in [1.82, 2.24) is 19.7 Å². The van der Waals surface area contributed by atoms with Crippen LogP contribution in [-0.2, 0) is 13.0 Å². The van der Waals surface area contributed by atoms with Crippen LogP contribution in [0.3, 0.4) is 0 Å². The fraction of sp³-hybridized carbons (Fsp3) is 0.417. The lowest BCUT2D eigenvalue weighted by Gasteiger charge is -2.15. The molecule has 18 heavy (non-hydrogen) atoms. The fourth-order valence-electron chi connectivity index (χ4n) is 2.26. The summed E-state index contributed by atoms with van der Waals surface area (Å²) in [5, 5.41) is 9.56. The van der Waals surface area contributed by atoms with Gasteiger partial charge in [0.15, 0.2) is 5.82 Å². The zero-order chi connectivity index (χ0) is 12.5. The molecule has 3 heterocycles. The van der Waals surface area contributed by atoms with Crippen LogP contribution in [0.25, 0.3) is 0 Å². The Kier molecular flexibility index (Phi) is 2.62. The van der Waals surface area contributed by atoms with E-state index in [1.807, 2.05) is 11.5 Å². The van der Waals surface area contributed by atoms with Gasteiger partial charge in [-0.25, -0.2) is 4.98 Å². The number of anilines is 1. The highest BCUT2D eigenvalue weighted by atomic mass is 16.2. The van der Waals surface area contributed by atoms with Crippen LogP contribution >= 0.6 is 0 Å². The zero-order valence-corrected chi connectivity index (χ0v) is 10.2. The maximum Gasteiger partial charge on any atom is 0.275 e. The number of amides is 1. The highest BCUT2D eigenvalue weighted by Gasteiger charge is 2.19. The Balaban J connectivity index is 1.82. The first kappa shape index (κ1) is 11.0. The maximum absolute atomic E-state index is 12.1. The highest BCUT2D eigenvalue weighted by molar-refractivity contribution is 6.02. The molecule has 6 nitrogen and oxygen atoms in total. The van der Waals surface area contributed by atoms with Crippen molar-refractivity contribution in [2.24, 2.45) is 0 Å². The van der Waals surface area contributed by atoms with Crippen molar-refractivity contribution in [2.45, 2.75) is 32.7 Å². The first-order valence-corrected chi connectivity index (χ1v) is 6.12. The van der Waals surface area contributed by atoms with E-state index in [1.54, 1.807) is 12.3 Å². The van der Waals surface area contributed by atoms with Crippen LogP contribution in [0.1, 0.15) is 34.8 Å². The van der Waals surface area contributed by atoms with Crippen molar-refractivity contribution in [3.05, 3.63) is 29.5 Å². The van der Waals surface area contributed by atoms with Crippen molar-refractivity contribution >= 4 is 11.7 Å². The molecule has 94 valence electrons. The van der Waals surface area contributed by atoms with Gasteiger partial charge in [0.2, 0.25) is 0 Å². The molecule has 0 aliphatic carbocycles. The van der Waals surface area contributed by atoms with Gasteiger partial charge in [-0.1, -0.05) is 0 Å². The monoisotopic (exact) mass is 245 g/mol. The van der Waals surface area contributed by atoms with Gasteiger partial charge in [0.05, 0.1) is 6.20 Å². The number of carbonyl (C=O) groups excluding carboxylic acids is 1. The molecule has 0 unspecified atom stereocenters. The maximum atomic E-state index is 12.1. The van der Waals surface area contributed by atoms with Gasteiger partial charge < -0.3 is 9.88 Å². The molecule has 0 bridgehead atoms. The van der Waals surface area contributed by atoms with Gasteiger partial charge >= 0.3 is 0 Å². The van der Waals surface area contributed by atoms with Crippen LogP contribution in [0.4, 0.5) is 5.82 Å². The van der Waals surface area contributed by atoms with E-state index in [9.17, 15) is 4.79 Å². The summed E-state index contributed by atoms with van der Waals surface area (Å²) < 4.78 is 2.00. The molecule has 0 aromatic carbocycles. The quantitative estimate of drug-likeness (QED) is 0.842. The van der Waals surface area contributed by atoms with Crippen LogP contribution in [0, 0.1) is 6.92 Å². The minimum Gasteiger partial charge on any atom is -0.324 e. The Bertz CT molecular complexity index is 583. The van der Waals surface area contributed by atoms with Crippen molar-refractivity contribution < 1.29 is 4.79 Å². The Labute approximate surface area is 104 Å². The standard InChI is InChI=1S/C12H15N5O/c1-8-6-10(16-15-8)14-12(18)9-7-13-11-4-2-3-5-17(9)11/h6-7H,2-5H2,1H3,(H2,14,15,16,18). The smallest absolute Gasteiger partial charge is 0.275 e. The number of H-pyrrole nitrogens is 1. The van der Waals surface area contributed by atoms with E-state index in [0.29, 0.717) is 11.5 Å². The Morgan fingerprint density at radius 2 is 2.39 bits per heavy atom. The van der Waals surface area contributed by atoms with Crippen LogP contribution in [0.2, 0.25) is 0 Å². The largest absolute Gasteiger partial charge is 0.324 e. The van der Waals surface area contributed by atoms with Gasteiger partial charge in [0.1, 0.15) is 11.5 Å². The van der Waals surface area contributed by atoms with Gasteiger partial charge in [-0.15, -0.1) is 0 Å². The third-order valence-electron chi connectivity index (χ3n) is 3.15. The summed E-state index contributed by atoms with van der Waals surface area (Å²) in [5.74, 6) is 1.40. The Hall–Kier alpha value is -2.11. The number of nitrogens with zero attached hydrogens (tertiary/aromatic N) is 3. The van der Waals surface area contributed by atoms with E-state index in [1.165, 1.54) is 0 Å². The van der Waals surface area contributed by atoms with E-state index >= 15 is 0 Å². The molecule has 1 amide bonds. The van der Waals surface area contributed by atoms with Gasteiger partial charge in [-0.3, -0.25) is 9.89 Å². The average Bonchev–Trinajstić information content (AvgIpc) is 2.95. The molecule has 2 N–H and O–H groups in total. The number of hydrogen-bond acceptors (Lipinski definition) is 3. The number of aryl methyl sites for hydroxylation is 2. The third kappa shape index (κ3) is 1.90. The SMILES string of the molecule is Cc1cc(NC(=O)c2cnc3n2CCCC3)n[nH]1. The molecule has 2 aromatic rings. The molecular formula is C12H15N5O. The topological polar surface area (TPSA) is 75.6 Å². The first-order valence-electron chi connectivity index (χ1n) is 6.12. The molecule has 2 aromatic heterocycles. The number of imidazole rings is 1. The number of aromatic amines is 1. The van der Waals surface area contributed by atoms with E-state index in [2.05, 4.69) is 20.5 Å². The average molecular weight is 245 g/mol. The number of rotatable bonds is 2. The predicted octanol–water partition coefficient (Wildman–Crippen LogP) is 1.50. The first-order chi connectivity index (χ1) is 8.74. The van der Waals surface area contributed by atoms with E-state index in [4.69, 9.17) is 0 Å². The van der Waals surface area contributed by atoms with Crippen molar-refractivity contribution in [3.8, 4) is 0 Å². The second kappa shape index (κ2) is 4.29. The lowest BCUT2D eigenvalue weighted by Crippen LogP contribution is -2.20. The molecule has 0 atom stereocenters. The van der Waals surface area contributed by atoms with E-state index in [-0.39, 0.29) is 5.91 Å². The minimum atomic E-state index is -0.151. The molecule has 0 saturated carbocycles. The van der Waals surface area contributed by atoms with Gasteiger partial charge in [0, 0.05) is 24.7 Å². The molecule has 3 rings (SSSR count). The van der Waals surface area contributed by atoms with Crippen LogP contribution in [-0.4, -0.2) is 25.7 Å². The molecule has 1 aliphatic rings. The number of nitrogens with one attached hydrogen (secondary N) is 2. The molecule has 1 aliphatic heterocycles. The molecule has 0 fully saturated rings. The molecule has 0 radical (unpaired) electrons. The number of fused-ring (bicyclic) bond motifs is 1. The van der Waals surface area contributed by atoms with Crippen LogP contribution in [0.5, 0.6) is 0 Å².